The zero-order chi connectivity index (χ0) is 43.8. The lowest BCUT2D eigenvalue weighted by molar-refractivity contribution is 0.0471. The van der Waals surface area contributed by atoms with Crippen molar-refractivity contribution in [3.8, 4) is 34.5 Å². The zero-order valence-corrected chi connectivity index (χ0v) is 36.9. The number of hydrogen-bond donors (Lipinski definition) is 0. The van der Waals surface area contributed by atoms with Crippen LogP contribution in [0.5, 0.6) is 34.5 Å². The van der Waals surface area contributed by atoms with Gasteiger partial charge in [0.1, 0.15) is 51.1 Å². The molecule has 0 N–H and O–H groups in total. The molecule has 0 atom stereocenters. The molecule has 9 aliphatic rings. The minimum absolute atomic E-state index is 0.0445. The van der Waals surface area contributed by atoms with E-state index in [1.807, 2.05) is 66.7 Å². The maximum Gasteiger partial charge on any atom is 0.338 e. The molecule has 0 saturated heterocycles. The van der Waals surface area contributed by atoms with E-state index in [4.69, 9.17) is 37.9 Å². The number of rotatable bonds is 0. The summed E-state index contributed by atoms with van der Waals surface area (Å²) in [5.74, 6) is 2.79. The molecule has 15 rings (SSSR count). The number of carbonyl (C=O) groups is 2. The van der Waals surface area contributed by atoms with Crippen LogP contribution >= 0.6 is 0 Å². The molecule has 6 aromatic carbocycles. The Bertz CT molecular complexity index is 2600. The molecule has 6 aromatic rings. The SMILES string of the molecule is CC(C)(C)c1cc2cc(c1)COC(=O)c1ccc3cc4c(cc3c1)OCc1c(c3c5c(c1OCCCCCCCCCCO3)COc1cc3ccc(cc3cc1OC5)C(=O)OC2)CO4. The summed E-state index contributed by atoms with van der Waals surface area (Å²) in [4.78, 5) is 27.3. The van der Waals surface area contributed by atoms with E-state index in [0.717, 1.165) is 86.2 Å². The van der Waals surface area contributed by atoms with E-state index in [9.17, 15) is 9.59 Å². The predicted molar refractivity (Wildman–Crippen MR) is 243 cm³/mol. The van der Waals surface area contributed by atoms with Crippen molar-refractivity contribution in [3.05, 3.63) is 129 Å². The molecule has 0 unspecified atom stereocenters. The maximum atomic E-state index is 13.7. The van der Waals surface area contributed by atoms with Gasteiger partial charge in [-0.3, -0.25) is 0 Å². The van der Waals surface area contributed by atoms with Crippen LogP contribution in [0, 0.1) is 0 Å². The molecular weight excluding hydrogens is 809 g/mol. The van der Waals surface area contributed by atoms with Crippen molar-refractivity contribution < 1.29 is 47.5 Å². The summed E-state index contributed by atoms with van der Waals surface area (Å²) in [6.45, 7) is 8.33. The third-order valence-electron chi connectivity index (χ3n) is 12.8. The number of carbonyl (C=O) groups excluding carboxylic acids is 2. The van der Waals surface area contributed by atoms with Crippen LogP contribution < -0.4 is 28.4 Å². The second kappa shape index (κ2) is 17.6. The number of fused-ring (bicyclic) bond motifs is 2. The van der Waals surface area contributed by atoms with Gasteiger partial charge in [-0.25, -0.2) is 9.59 Å². The third kappa shape index (κ3) is 8.62. The molecule has 0 spiro atoms. The standard InChI is InChI=1S/C54H54O10/c1-54(2,3)41-19-33-18-34(20-41)28-64-53(56)38-14-12-35-23-46-49(26-40(35)22-38)62-32-45-42(29-59-46)50-44-31-61-48-25-39-21-37(52(55)63-27-33)15-13-36(39)24-47(48)60-30-43(44)51(45)58-17-11-9-7-5-4-6-8-10-16-57-50/h12-15,18-26H,4-11,16-17,27-32H2,1-3H3. The fourth-order valence-electron chi connectivity index (χ4n) is 9.13. The van der Waals surface area contributed by atoms with E-state index in [0.29, 0.717) is 58.8 Å². The average Bonchev–Trinajstić information content (AvgIpc) is 3.27. The number of benzene rings is 6. The van der Waals surface area contributed by atoms with Gasteiger partial charge < -0.3 is 37.9 Å². The second-order valence-corrected chi connectivity index (χ2v) is 18.4. The summed E-state index contributed by atoms with van der Waals surface area (Å²) in [6, 6.07) is 24.7. The molecule has 0 fully saturated rings. The van der Waals surface area contributed by atoms with Crippen LogP contribution in [0.1, 0.15) is 132 Å². The molecule has 10 heteroatoms. The Kier molecular flexibility index (Phi) is 11.5. The van der Waals surface area contributed by atoms with Gasteiger partial charge in [-0.05, 0) is 111 Å². The lowest BCUT2D eigenvalue weighted by Gasteiger charge is -2.30. The van der Waals surface area contributed by atoms with Crippen LogP contribution in [-0.2, 0) is 54.5 Å². The topological polar surface area (TPSA) is 108 Å². The van der Waals surface area contributed by atoms with E-state index >= 15 is 0 Å². The Morgan fingerprint density at radius 1 is 0.375 bits per heavy atom. The van der Waals surface area contributed by atoms with Crippen molar-refractivity contribution >= 4 is 33.5 Å². The van der Waals surface area contributed by atoms with Crippen molar-refractivity contribution in [1.29, 1.82) is 0 Å². The minimum Gasteiger partial charge on any atom is -0.493 e. The van der Waals surface area contributed by atoms with E-state index < -0.39 is 11.9 Å². The van der Waals surface area contributed by atoms with Gasteiger partial charge in [0, 0.05) is 22.3 Å². The molecule has 0 saturated carbocycles. The van der Waals surface area contributed by atoms with Crippen molar-refractivity contribution in [2.45, 2.75) is 117 Å². The zero-order valence-electron chi connectivity index (χ0n) is 36.9. The van der Waals surface area contributed by atoms with Crippen LogP contribution in [0.25, 0.3) is 21.5 Å². The Labute approximate surface area is 373 Å². The smallest absolute Gasteiger partial charge is 0.338 e. The normalized spacial score (nSPS) is 17.0. The van der Waals surface area contributed by atoms with Gasteiger partial charge in [-0.1, -0.05) is 83.6 Å². The highest BCUT2D eigenvalue weighted by molar-refractivity contribution is 5.97. The first kappa shape index (κ1) is 41.6. The molecule has 0 amide bonds. The van der Waals surface area contributed by atoms with Crippen molar-refractivity contribution in [2.24, 2.45) is 0 Å². The van der Waals surface area contributed by atoms with Gasteiger partial charge in [0.25, 0.3) is 0 Å². The van der Waals surface area contributed by atoms with Crippen LogP contribution in [0.15, 0.2) is 78.9 Å². The van der Waals surface area contributed by atoms with Gasteiger partial charge in [0.15, 0.2) is 23.0 Å². The Balaban J connectivity index is 1.10. The second-order valence-electron chi connectivity index (χ2n) is 18.4. The first-order valence-electron chi connectivity index (χ1n) is 22.7. The van der Waals surface area contributed by atoms with E-state index in [1.54, 1.807) is 12.1 Å². The van der Waals surface area contributed by atoms with Crippen molar-refractivity contribution in [1.82, 2.24) is 0 Å². The molecule has 330 valence electrons. The van der Waals surface area contributed by atoms with Gasteiger partial charge in [-0.15, -0.1) is 0 Å². The Hall–Kier alpha value is -6.42. The highest BCUT2D eigenvalue weighted by Gasteiger charge is 2.31. The van der Waals surface area contributed by atoms with Gasteiger partial charge in [-0.2, -0.15) is 0 Å². The van der Waals surface area contributed by atoms with Crippen molar-refractivity contribution in [3.63, 3.8) is 0 Å². The summed E-state index contributed by atoms with van der Waals surface area (Å²) in [7, 11) is 0. The molecule has 0 aromatic heterocycles. The van der Waals surface area contributed by atoms with Crippen LogP contribution in [0.2, 0.25) is 0 Å². The first-order chi connectivity index (χ1) is 31.1. The molecule has 64 heavy (non-hydrogen) atoms. The minimum atomic E-state index is -0.454. The monoisotopic (exact) mass is 862 g/mol. The highest BCUT2D eigenvalue weighted by atomic mass is 16.5. The number of esters is 2. The lowest BCUT2D eigenvalue weighted by atomic mass is 9.85. The van der Waals surface area contributed by atoms with Crippen LogP contribution in [-0.4, -0.2) is 25.2 Å². The lowest BCUT2D eigenvalue weighted by Crippen LogP contribution is -2.20. The largest absolute Gasteiger partial charge is 0.493 e. The van der Waals surface area contributed by atoms with E-state index in [-0.39, 0.29) is 45.1 Å². The van der Waals surface area contributed by atoms with Gasteiger partial charge in [0.2, 0.25) is 0 Å². The summed E-state index contributed by atoms with van der Waals surface area (Å²) < 4.78 is 52.2. The van der Waals surface area contributed by atoms with Crippen LogP contribution in [0.4, 0.5) is 0 Å². The number of hydrogen-bond acceptors (Lipinski definition) is 10. The van der Waals surface area contributed by atoms with Gasteiger partial charge in [0.05, 0.1) is 24.3 Å². The molecule has 9 heterocycles. The van der Waals surface area contributed by atoms with E-state index in [2.05, 4.69) is 20.8 Å². The summed E-state index contributed by atoms with van der Waals surface area (Å²) in [6.07, 6.45) is 8.81. The quantitative estimate of drug-likeness (QED) is 0.137. The average molecular weight is 863 g/mol. The van der Waals surface area contributed by atoms with Crippen molar-refractivity contribution in [2.75, 3.05) is 13.2 Å². The maximum absolute atomic E-state index is 13.7. The molecule has 0 aliphatic carbocycles. The Morgan fingerprint density at radius 2 is 0.750 bits per heavy atom. The number of ether oxygens (including phenoxy) is 8. The predicted octanol–water partition coefficient (Wildman–Crippen LogP) is 12.2. The summed E-state index contributed by atoms with van der Waals surface area (Å²) in [5.41, 5.74) is 6.65. The molecule has 0 radical (unpaired) electrons. The fourth-order valence-corrected chi connectivity index (χ4v) is 9.13. The molecule has 9 aliphatic heterocycles. The molecule has 18 bridgehead atoms. The fraction of sp³-hybridized carbons (Fsp3) is 0.370. The van der Waals surface area contributed by atoms with Crippen LogP contribution in [0.3, 0.4) is 0 Å². The van der Waals surface area contributed by atoms with E-state index in [1.165, 1.54) is 25.7 Å². The molecular formula is C54H54O10. The summed E-state index contributed by atoms with van der Waals surface area (Å²) in [5, 5.41) is 3.39. The highest BCUT2D eigenvalue weighted by Crippen LogP contribution is 2.47. The summed E-state index contributed by atoms with van der Waals surface area (Å²) >= 11 is 0. The Morgan fingerprint density at radius 3 is 1.14 bits per heavy atom. The third-order valence-corrected chi connectivity index (χ3v) is 12.8. The molecule has 10 nitrogen and oxygen atoms in total. The van der Waals surface area contributed by atoms with Gasteiger partial charge >= 0.3 is 11.9 Å². The first-order valence-corrected chi connectivity index (χ1v) is 22.7.